The van der Waals surface area contributed by atoms with Gasteiger partial charge in [0.2, 0.25) is 10.0 Å². The molecule has 0 aliphatic heterocycles. The fraction of sp³-hybridized carbons (Fsp3) is 0.143. The maximum absolute atomic E-state index is 10.9. The Kier molecular flexibility index (Phi) is 2.91. The van der Waals surface area contributed by atoms with Crippen LogP contribution in [0.15, 0.2) is 16.6 Å². The van der Waals surface area contributed by atoms with Gasteiger partial charge in [-0.2, -0.15) is 0 Å². The minimum absolute atomic E-state index is 0.102. The predicted octanol–water partition coefficient (Wildman–Crippen LogP) is 1.11. The Bertz CT molecular complexity index is 435. The van der Waals surface area contributed by atoms with Crippen molar-refractivity contribution in [2.45, 2.75) is 0 Å². The maximum Gasteiger partial charge on any atom is 0.229 e. The van der Waals surface area contributed by atoms with E-state index in [1.54, 1.807) is 0 Å². The van der Waals surface area contributed by atoms with E-state index in [1.807, 2.05) is 0 Å². The third-order valence-electron chi connectivity index (χ3n) is 1.40. The van der Waals surface area contributed by atoms with Crippen molar-refractivity contribution in [2.75, 3.05) is 16.7 Å². The van der Waals surface area contributed by atoms with Crippen LogP contribution >= 0.6 is 15.9 Å². The summed E-state index contributed by atoms with van der Waals surface area (Å²) < 4.78 is 24.3. The van der Waals surface area contributed by atoms with E-state index < -0.39 is 10.0 Å². The highest BCUT2D eigenvalue weighted by Gasteiger charge is 2.08. The quantitative estimate of drug-likeness (QED) is 0.430. The first kappa shape index (κ1) is 11.1. The topological polar surface area (TPSA) is 92.4 Å². The van der Waals surface area contributed by atoms with Crippen LogP contribution in [0.4, 0.5) is 11.4 Å². The number of nitrogens with two attached hydrogens (primary N) is 1. The molecule has 78 valence electrons. The van der Waals surface area contributed by atoms with E-state index in [9.17, 15) is 13.5 Å². The summed E-state index contributed by atoms with van der Waals surface area (Å²) in [6.07, 6.45) is 1.03. The van der Waals surface area contributed by atoms with E-state index in [-0.39, 0.29) is 11.4 Å². The molecule has 0 aliphatic carbocycles. The Morgan fingerprint density at radius 1 is 1.50 bits per heavy atom. The Morgan fingerprint density at radius 2 is 2.07 bits per heavy atom. The number of benzene rings is 1. The van der Waals surface area contributed by atoms with Gasteiger partial charge in [-0.15, -0.1) is 0 Å². The monoisotopic (exact) mass is 280 g/mol. The van der Waals surface area contributed by atoms with Gasteiger partial charge in [-0.05, 0) is 28.1 Å². The lowest BCUT2D eigenvalue weighted by Gasteiger charge is -2.07. The maximum atomic E-state index is 10.9. The van der Waals surface area contributed by atoms with Gasteiger partial charge in [-0.1, -0.05) is 0 Å². The van der Waals surface area contributed by atoms with Crippen molar-refractivity contribution in [3.8, 4) is 5.75 Å². The highest BCUT2D eigenvalue weighted by atomic mass is 79.9. The number of hydrogen-bond acceptors (Lipinski definition) is 4. The molecule has 0 fully saturated rings. The van der Waals surface area contributed by atoms with Crippen LogP contribution in [-0.2, 0) is 10.0 Å². The summed E-state index contributed by atoms with van der Waals surface area (Å²) in [6, 6.07) is 2.76. The molecule has 1 aromatic carbocycles. The van der Waals surface area contributed by atoms with Crippen LogP contribution in [0.5, 0.6) is 5.75 Å². The number of anilines is 2. The highest BCUT2D eigenvalue weighted by Crippen LogP contribution is 2.33. The van der Waals surface area contributed by atoms with Crippen molar-refractivity contribution in [1.82, 2.24) is 0 Å². The predicted molar refractivity (Wildman–Crippen MR) is 58.7 cm³/mol. The Balaban J connectivity index is 3.14. The summed E-state index contributed by atoms with van der Waals surface area (Å²) in [6.45, 7) is 0. The first-order valence-corrected chi connectivity index (χ1v) is 6.24. The molecule has 0 amide bonds. The zero-order valence-corrected chi connectivity index (χ0v) is 9.68. The lowest BCUT2D eigenvalue weighted by molar-refractivity contribution is 0.474. The second-order valence-electron chi connectivity index (χ2n) is 2.77. The molecule has 5 nitrogen and oxygen atoms in total. The van der Waals surface area contributed by atoms with E-state index in [0.717, 1.165) is 6.26 Å². The molecule has 14 heavy (non-hydrogen) atoms. The van der Waals surface area contributed by atoms with Gasteiger partial charge in [-0.3, -0.25) is 4.72 Å². The molecule has 0 aromatic heterocycles. The average molecular weight is 281 g/mol. The standard InChI is InChI=1S/C7H9BrN2O3S/c1-14(12,13)10-4-2-5(8)7(11)6(9)3-4/h2-3,10-11H,9H2,1H3. The van der Waals surface area contributed by atoms with Crippen LogP contribution in [0.2, 0.25) is 0 Å². The summed E-state index contributed by atoms with van der Waals surface area (Å²) in [7, 11) is -3.33. The first-order chi connectivity index (χ1) is 6.29. The molecule has 0 saturated carbocycles. The van der Waals surface area contributed by atoms with Gasteiger partial charge in [0, 0.05) is 0 Å². The molecule has 1 rings (SSSR count). The van der Waals surface area contributed by atoms with Gasteiger partial charge in [0.25, 0.3) is 0 Å². The average Bonchev–Trinajstić information content (AvgIpc) is 1.96. The number of nitrogen functional groups attached to an aromatic ring is 1. The van der Waals surface area contributed by atoms with Gasteiger partial charge in [-0.25, -0.2) is 8.42 Å². The molecule has 0 radical (unpaired) electrons. The Morgan fingerprint density at radius 3 is 2.50 bits per heavy atom. The first-order valence-electron chi connectivity index (χ1n) is 3.55. The van der Waals surface area contributed by atoms with Crippen molar-refractivity contribution < 1.29 is 13.5 Å². The number of halogens is 1. The molecule has 0 spiro atoms. The molecule has 4 N–H and O–H groups in total. The number of nitrogens with one attached hydrogen (secondary N) is 1. The lowest BCUT2D eigenvalue weighted by atomic mass is 10.3. The van der Waals surface area contributed by atoms with Crippen LogP contribution in [0.1, 0.15) is 0 Å². The molecule has 0 bridgehead atoms. The minimum Gasteiger partial charge on any atom is -0.505 e. The van der Waals surface area contributed by atoms with Gasteiger partial charge >= 0.3 is 0 Å². The summed E-state index contributed by atoms with van der Waals surface area (Å²) in [4.78, 5) is 0. The van der Waals surface area contributed by atoms with Gasteiger partial charge in [0.05, 0.1) is 22.1 Å². The van der Waals surface area contributed by atoms with Crippen molar-refractivity contribution in [3.05, 3.63) is 16.6 Å². The highest BCUT2D eigenvalue weighted by molar-refractivity contribution is 9.10. The number of phenols is 1. The van der Waals surface area contributed by atoms with E-state index in [2.05, 4.69) is 20.7 Å². The normalized spacial score (nSPS) is 11.3. The van der Waals surface area contributed by atoms with E-state index in [1.165, 1.54) is 12.1 Å². The second-order valence-corrected chi connectivity index (χ2v) is 5.37. The molecule has 0 heterocycles. The zero-order valence-electron chi connectivity index (χ0n) is 7.28. The molecule has 1 aromatic rings. The Hall–Kier alpha value is -0.950. The second kappa shape index (κ2) is 3.66. The van der Waals surface area contributed by atoms with Crippen molar-refractivity contribution in [3.63, 3.8) is 0 Å². The summed E-state index contributed by atoms with van der Waals surface area (Å²) >= 11 is 3.04. The van der Waals surface area contributed by atoms with Crippen LogP contribution in [-0.4, -0.2) is 19.8 Å². The molecule has 0 unspecified atom stereocenters. The number of phenolic OH excluding ortho intramolecular Hbond substituents is 1. The zero-order chi connectivity index (χ0) is 10.9. The van der Waals surface area contributed by atoms with Gasteiger partial charge in [0.15, 0.2) is 5.75 Å². The lowest BCUT2D eigenvalue weighted by Crippen LogP contribution is -2.09. The molecule has 0 aliphatic rings. The number of aromatic hydroxyl groups is 1. The van der Waals surface area contributed by atoms with Crippen molar-refractivity contribution >= 4 is 37.3 Å². The molecular weight excluding hydrogens is 272 g/mol. The van der Waals surface area contributed by atoms with Crippen LogP contribution in [0.3, 0.4) is 0 Å². The fourth-order valence-corrected chi connectivity index (χ4v) is 1.91. The van der Waals surface area contributed by atoms with E-state index >= 15 is 0 Å². The molecule has 0 saturated heterocycles. The number of hydrogen-bond donors (Lipinski definition) is 3. The largest absolute Gasteiger partial charge is 0.505 e. The van der Waals surface area contributed by atoms with Crippen LogP contribution in [0, 0.1) is 0 Å². The Labute approximate surface area is 90.1 Å². The summed E-state index contributed by atoms with van der Waals surface area (Å²) in [5.41, 5.74) is 5.83. The minimum atomic E-state index is -3.33. The van der Waals surface area contributed by atoms with Crippen molar-refractivity contribution in [1.29, 1.82) is 0 Å². The summed E-state index contributed by atoms with van der Waals surface area (Å²) in [5, 5.41) is 9.28. The van der Waals surface area contributed by atoms with E-state index in [4.69, 9.17) is 5.73 Å². The molecule has 7 heteroatoms. The molecule has 0 atom stereocenters. The number of sulfonamides is 1. The fourth-order valence-electron chi connectivity index (χ4n) is 0.893. The van der Waals surface area contributed by atoms with Crippen LogP contribution in [0.25, 0.3) is 0 Å². The smallest absolute Gasteiger partial charge is 0.229 e. The van der Waals surface area contributed by atoms with Gasteiger partial charge < -0.3 is 10.8 Å². The SMILES string of the molecule is CS(=O)(=O)Nc1cc(N)c(O)c(Br)c1. The molecular formula is C7H9BrN2O3S. The van der Waals surface area contributed by atoms with Gasteiger partial charge in [0.1, 0.15) is 0 Å². The van der Waals surface area contributed by atoms with Crippen molar-refractivity contribution in [2.24, 2.45) is 0 Å². The third kappa shape index (κ3) is 2.78. The third-order valence-corrected chi connectivity index (χ3v) is 2.61. The van der Waals surface area contributed by atoms with E-state index in [0.29, 0.717) is 10.2 Å². The van der Waals surface area contributed by atoms with Crippen LogP contribution < -0.4 is 10.5 Å². The number of rotatable bonds is 2. The summed E-state index contributed by atoms with van der Waals surface area (Å²) in [5.74, 6) is -0.107.